The second-order valence-corrected chi connectivity index (χ2v) is 7.09. The minimum atomic E-state index is 0.0612. The Hall–Kier alpha value is -2.22. The standard InChI is InChI=1S/C17H25N7O/c1-22-8-4-5-13(12-22)17(25)18-11-16-20-19-14-6-7-15(21-24(14)16)23-9-2-3-10-23/h6-7,13H,2-5,8-12H2,1H3,(H,18,25). The number of carbonyl (C=O) groups is 1. The van der Waals surface area contributed by atoms with Gasteiger partial charge in [0.05, 0.1) is 12.5 Å². The number of nitrogens with zero attached hydrogens (tertiary/aromatic N) is 6. The molecular formula is C17H25N7O. The van der Waals surface area contributed by atoms with Crippen LogP contribution in [0.5, 0.6) is 0 Å². The maximum Gasteiger partial charge on any atom is 0.224 e. The molecule has 4 rings (SSSR count). The molecule has 0 spiro atoms. The van der Waals surface area contributed by atoms with E-state index < -0.39 is 0 Å². The Balaban J connectivity index is 1.45. The van der Waals surface area contributed by atoms with E-state index in [1.54, 1.807) is 4.52 Å². The van der Waals surface area contributed by atoms with Gasteiger partial charge in [-0.3, -0.25) is 4.79 Å². The molecule has 0 bridgehead atoms. The fraction of sp³-hybridized carbons (Fsp3) is 0.647. The summed E-state index contributed by atoms with van der Waals surface area (Å²) in [7, 11) is 2.06. The highest BCUT2D eigenvalue weighted by Gasteiger charge is 2.24. The molecular weight excluding hydrogens is 318 g/mol. The number of aromatic nitrogens is 4. The summed E-state index contributed by atoms with van der Waals surface area (Å²) in [5.74, 6) is 1.78. The number of hydrogen-bond donors (Lipinski definition) is 1. The second-order valence-electron chi connectivity index (χ2n) is 7.09. The first kappa shape index (κ1) is 16.3. The molecule has 134 valence electrons. The monoisotopic (exact) mass is 343 g/mol. The van der Waals surface area contributed by atoms with Crippen molar-refractivity contribution in [1.29, 1.82) is 0 Å². The van der Waals surface area contributed by atoms with E-state index in [1.807, 2.05) is 12.1 Å². The first-order valence-electron chi connectivity index (χ1n) is 9.13. The molecule has 2 aromatic rings. The fourth-order valence-electron chi connectivity index (χ4n) is 3.74. The number of amides is 1. The molecule has 1 amide bonds. The predicted molar refractivity (Wildman–Crippen MR) is 94.3 cm³/mol. The summed E-state index contributed by atoms with van der Waals surface area (Å²) in [5.41, 5.74) is 0.713. The Bertz CT molecular complexity index is 753. The SMILES string of the molecule is CN1CCCC(C(=O)NCc2nnc3ccc(N4CCCC4)nn23)C1. The normalized spacial score (nSPS) is 21.8. The number of hydrogen-bond acceptors (Lipinski definition) is 6. The average molecular weight is 343 g/mol. The van der Waals surface area contributed by atoms with Crippen LogP contribution in [0.25, 0.3) is 5.65 Å². The van der Waals surface area contributed by atoms with Crippen molar-refractivity contribution in [2.24, 2.45) is 5.92 Å². The van der Waals surface area contributed by atoms with Gasteiger partial charge in [-0.25, -0.2) is 0 Å². The largest absolute Gasteiger partial charge is 0.355 e. The fourth-order valence-corrected chi connectivity index (χ4v) is 3.74. The van der Waals surface area contributed by atoms with Gasteiger partial charge >= 0.3 is 0 Å². The van der Waals surface area contributed by atoms with Crippen LogP contribution in [0.15, 0.2) is 12.1 Å². The summed E-state index contributed by atoms with van der Waals surface area (Å²) in [6.07, 6.45) is 4.44. The molecule has 0 radical (unpaired) electrons. The van der Waals surface area contributed by atoms with Crippen molar-refractivity contribution >= 4 is 17.4 Å². The van der Waals surface area contributed by atoms with E-state index in [0.717, 1.165) is 44.8 Å². The van der Waals surface area contributed by atoms with Crippen LogP contribution in [0.1, 0.15) is 31.5 Å². The predicted octanol–water partition coefficient (Wildman–Crippen LogP) is 0.682. The van der Waals surface area contributed by atoms with Gasteiger partial charge in [0, 0.05) is 19.6 Å². The van der Waals surface area contributed by atoms with Gasteiger partial charge < -0.3 is 15.1 Å². The van der Waals surface area contributed by atoms with Crippen LogP contribution in [-0.4, -0.2) is 63.8 Å². The van der Waals surface area contributed by atoms with E-state index in [0.29, 0.717) is 18.0 Å². The van der Waals surface area contributed by atoms with Crippen molar-refractivity contribution in [2.75, 3.05) is 38.1 Å². The second kappa shape index (κ2) is 6.95. The van der Waals surface area contributed by atoms with Gasteiger partial charge in [0.25, 0.3) is 0 Å². The Kier molecular flexibility index (Phi) is 4.52. The lowest BCUT2D eigenvalue weighted by Crippen LogP contribution is -2.41. The summed E-state index contributed by atoms with van der Waals surface area (Å²) >= 11 is 0. The molecule has 8 nitrogen and oxygen atoms in total. The van der Waals surface area contributed by atoms with E-state index in [1.165, 1.54) is 12.8 Å². The van der Waals surface area contributed by atoms with Gasteiger partial charge in [-0.15, -0.1) is 15.3 Å². The van der Waals surface area contributed by atoms with Crippen LogP contribution < -0.4 is 10.2 Å². The maximum atomic E-state index is 12.4. The summed E-state index contributed by atoms with van der Waals surface area (Å²) < 4.78 is 1.75. The van der Waals surface area contributed by atoms with Crippen molar-refractivity contribution in [3.8, 4) is 0 Å². The lowest BCUT2D eigenvalue weighted by Gasteiger charge is -2.28. The van der Waals surface area contributed by atoms with E-state index in [9.17, 15) is 4.79 Å². The number of anilines is 1. The molecule has 2 aromatic heterocycles. The molecule has 8 heteroatoms. The molecule has 2 aliphatic rings. The molecule has 4 heterocycles. The zero-order chi connectivity index (χ0) is 17.2. The third-order valence-electron chi connectivity index (χ3n) is 5.16. The molecule has 1 atom stereocenters. The first-order valence-corrected chi connectivity index (χ1v) is 9.13. The van der Waals surface area contributed by atoms with Crippen LogP contribution in [0.3, 0.4) is 0 Å². The molecule has 25 heavy (non-hydrogen) atoms. The number of rotatable bonds is 4. The van der Waals surface area contributed by atoms with Crippen LogP contribution in [-0.2, 0) is 11.3 Å². The van der Waals surface area contributed by atoms with Gasteiger partial charge in [-0.2, -0.15) is 4.52 Å². The zero-order valence-electron chi connectivity index (χ0n) is 14.7. The summed E-state index contributed by atoms with van der Waals surface area (Å²) in [6.45, 7) is 4.34. The van der Waals surface area contributed by atoms with E-state index in [-0.39, 0.29) is 11.8 Å². The molecule has 1 N–H and O–H groups in total. The minimum absolute atomic E-state index is 0.0612. The van der Waals surface area contributed by atoms with Crippen molar-refractivity contribution < 1.29 is 4.79 Å². The Morgan fingerprint density at radius 1 is 1.20 bits per heavy atom. The Morgan fingerprint density at radius 2 is 2.04 bits per heavy atom. The molecule has 2 fully saturated rings. The number of carbonyl (C=O) groups excluding carboxylic acids is 1. The van der Waals surface area contributed by atoms with Crippen molar-refractivity contribution in [1.82, 2.24) is 30.0 Å². The molecule has 0 saturated carbocycles. The topological polar surface area (TPSA) is 78.7 Å². The third-order valence-corrected chi connectivity index (χ3v) is 5.16. The molecule has 1 unspecified atom stereocenters. The van der Waals surface area contributed by atoms with E-state index >= 15 is 0 Å². The smallest absolute Gasteiger partial charge is 0.224 e. The number of nitrogens with one attached hydrogen (secondary N) is 1. The van der Waals surface area contributed by atoms with Crippen molar-refractivity contribution in [2.45, 2.75) is 32.2 Å². The highest BCUT2D eigenvalue weighted by atomic mass is 16.1. The summed E-state index contributed by atoms with van der Waals surface area (Å²) in [4.78, 5) is 16.9. The Labute approximate surface area is 147 Å². The average Bonchev–Trinajstić information content (AvgIpc) is 3.29. The van der Waals surface area contributed by atoms with Gasteiger partial charge in [0.1, 0.15) is 5.82 Å². The third kappa shape index (κ3) is 3.44. The summed E-state index contributed by atoms with van der Waals surface area (Å²) in [5, 5.41) is 16.1. The number of likely N-dealkylation sites (tertiary alicyclic amines) is 1. The van der Waals surface area contributed by atoms with Crippen LogP contribution >= 0.6 is 0 Å². The Morgan fingerprint density at radius 3 is 2.84 bits per heavy atom. The highest BCUT2D eigenvalue weighted by molar-refractivity contribution is 5.78. The van der Waals surface area contributed by atoms with Crippen LogP contribution in [0.4, 0.5) is 5.82 Å². The first-order chi connectivity index (χ1) is 12.2. The van der Waals surface area contributed by atoms with Crippen molar-refractivity contribution in [3.05, 3.63) is 18.0 Å². The van der Waals surface area contributed by atoms with E-state index in [4.69, 9.17) is 0 Å². The van der Waals surface area contributed by atoms with Crippen LogP contribution in [0, 0.1) is 5.92 Å². The number of fused-ring (bicyclic) bond motifs is 1. The lowest BCUT2D eigenvalue weighted by molar-refractivity contribution is -0.126. The molecule has 2 aliphatic heterocycles. The maximum absolute atomic E-state index is 12.4. The summed E-state index contributed by atoms with van der Waals surface area (Å²) in [6, 6.07) is 3.94. The van der Waals surface area contributed by atoms with Crippen molar-refractivity contribution in [3.63, 3.8) is 0 Å². The van der Waals surface area contributed by atoms with Gasteiger partial charge in [0.15, 0.2) is 11.5 Å². The molecule has 2 saturated heterocycles. The van der Waals surface area contributed by atoms with Gasteiger partial charge in [-0.1, -0.05) is 0 Å². The van der Waals surface area contributed by atoms with Crippen LogP contribution in [0.2, 0.25) is 0 Å². The zero-order valence-corrected chi connectivity index (χ0v) is 14.7. The molecule has 0 aliphatic carbocycles. The van der Waals surface area contributed by atoms with Gasteiger partial charge in [0.2, 0.25) is 5.91 Å². The van der Waals surface area contributed by atoms with Gasteiger partial charge in [-0.05, 0) is 51.4 Å². The highest BCUT2D eigenvalue weighted by Crippen LogP contribution is 2.18. The molecule has 0 aromatic carbocycles. The lowest BCUT2D eigenvalue weighted by atomic mass is 9.98. The minimum Gasteiger partial charge on any atom is -0.355 e. The quantitative estimate of drug-likeness (QED) is 0.880. The number of piperidine rings is 1. The van der Waals surface area contributed by atoms with E-state index in [2.05, 4.69) is 37.5 Å².